The third-order valence-corrected chi connectivity index (χ3v) is 3.21. The van der Waals surface area contributed by atoms with E-state index in [1.54, 1.807) is 26.8 Å². The van der Waals surface area contributed by atoms with E-state index in [2.05, 4.69) is 25.9 Å². The van der Waals surface area contributed by atoms with E-state index in [-0.39, 0.29) is 0 Å². The molecule has 1 atom stereocenters. The quantitative estimate of drug-likeness (QED) is 0.741. The molecule has 0 saturated carbocycles. The van der Waals surface area contributed by atoms with Crippen LogP contribution in [-0.2, 0) is 9.53 Å². The fourth-order valence-corrected chi connectivity index (χ4v) is 2.02. The zero-order valence-corrected chi connectivity index (χ0v) is 15.5. The van der Waals surface area contributed by atoms with E-state index in [0.717, 1.165) is 0 Å². The molecule has 2 aromatic rings. The molecule has 0 aliphatic carbocycles. The predicted octanol–water partition coefficient (Wildman–Crippen LogP) is 3.21. The summed E-state index contributed by atoms with van der Waals surface area (Å²) in [6.07, 6.45) is 2.16. The molecule has 0 bridgehead atoms. The second-order valence-electron chi connectivity index (χ2n) is 6.77. The van der Waals surface area contributed by atoms with Crippen molar-refractivity contribution in [3.8, 4) is 0 Å². The Bertz CT molecular complexity index is 808. The minimum atomic E-state index is -0.864. The molecule has 0 saturated heterocycles. The van der Waals surface area contributed by atoms with Gasteiger partial charge in [-0.1, -0.05) is 0 Å². The van der Waals surface area contributed by atoms with Crippen molar-refractivity contribution < 1.29 is 18.7 Å². The molecule has 0 spiro atoms. The monoisotopic (exact) mass is 375 g/mol. The maximum atomic E-state index is 13.6. The van der Waals surface area contributed by atoms with Gasteiger partial charge in [0.05, 0.1) is 11.4 Å². The standard InChI is InChI=1S/C18H22FN5O3/c1-11(22-17(26)27-18(2,3)4)16(25)24-13-6-5-12(19)9-14(13)23-15-7-8-20-10-21-15/h5-11H,1-4H3,(H,22,26)(H,24,25)(H,20,21,23). The average molecular weight is 375 g/mol. The Labute approximate surface area is 156 Å². The van der Waals surface area contributed by atoms with E-state index in [4.69, 9.17) is 4.74 Å². The molecule has 0 fully saturated rings. The summed E-state index contributed by atoms with van der Waals surface area (Å²) >= 11 is 0. The molecule has 27 heavy (non-hydrogen) atoms. The summed E-state index contributed by atoms with van der Waals surface area (Å²) < 4.78 is 18.7. The van der Waals surface area contributed by atoms with Crippen molar-refractivity contribution in [2.75, 3.05) is 10.6 Å². The van der Waals surface area contributed by atoms with Crippen molar-refractivity contribution >= 4 is 29.2 Å². The second kappa shape index (κ2) is 8.43. The number of nitrogens with zero attached hydrogens (tertiary/aromatic N) is 2. The molecule has 9 heteroatoms. The molecule has 0 aliphatic rings. The topological polar surface area (TPSA) is 105 Å². The van der Waals surface area contributed by atoms with E-state index in [0.29, 0.717) is 17.2 Å². The highest BCUT2D eigenvalue weighted by Crippen LogP contribution is 2.25. The van der Waals surface area contributed by atoms with Gasteiger partial charge in [0.1, 0.15) is 29.6 Å². The third kappa shape index (κ3) is 6.53. The van der Waals surface area contributed by atoms with Gasteiger partial charge in [0, 0.05) is 6.20 Å². The number of rotatable bonds is 5. The first-order valence-electron chi connectivity index (χ1n) is 8.27. The number of ether oxygens (including phenoxy) is 1. The van der Waals surface area contributed by atoms with Gasteiger partial charge in [-0.2, -0.15) is 0 Å². The average Bonchev–Trinajstić information content (AvgIpc) is 2.56. The molecule has 0 aliphatic heterocycles. The first kappa shape index (κ1) is 20.1. The minimum Gasteiger partial charge on any atom is -0.444 e. The Morgan fingerprint density at radius 2 is 1.93 bits per heavy atom. The van der Waals surface area contributed by atoms with Crippen LogP contribution in [0, 0.1) is 5.82 Å². The summed E-state index contributed by atoms with van der Waals surface area (Å²) in [6.45, 7) is 6.68. The number of anilines is 3. The number of benzene rings is 1. The van der Waals surface area contributed by atoms with Crippen LogP contribution in [-0.4, -0.2) is 33.6 Å². The summed E-state index contributed by atoms with van der Waals surface area (Å²) in [5.41, 5.74) is -0.0318. The first-order valence-corrected chi connectivity index (χ1v) is 8.27. The normalized spacial score (nSPS) is 12.0. The van der Waals surface area contributed by atoms with Crippen LogP contribution in [0.5, 0.6) is 0 Å². The van der Waals surface area contributed by atoms with E-state index in [1.807, 2.05) is 0 Å². The van der Waals surface area contributed by atoms with Gasteiger partial charge in [0.2, 0.25) is 5.91 Å². The summed E-state index contributed by atoms with van der Waals surface area (Å²) in [5.74, 6) is -0.534. The van der Waals surface area contributed by atoms with Crippen molar-refractivity contribution in [1.29, 1.82) is 0 Å². The van der Waals surface area contributed by atoms with E-state index in [1.165, 1.54) is 37.6 Å². The molecule has 3 N–H and O–H groups in total. The summed E-state index contributed by atoms with van der Waals surface area (Å²) in [7, 11) is 0. The Morgan fingerprint density at radius 1 is 1.19 bits per heavy atom. The molecule has 2 amide bonds. The van der Waals surface area contributed by atoms with Gasteiger partial charge in [-0.25, -0.2) is 19.2 Å². The van der Waals surface area contributed by atoms with Gasteiger partial charge in [-0.15, -0.1) is 0 Å². The van der Waals surface area contributed by atoms with E-state index in [9.17, 15) is 14.0 Å². The lowest BCUT2D eigenvalue weighted by Crippen LogP contribution is -2.44. The van der Waals surface area contributed by atoms with Gasteiger partial charge in [0.15, 0.2) is 0 Å². The van der Waals surface area contributed by atoms with Gasteiger partial charge in [0.25, 0.3) is 0 Å². The number of carbonyl (C=O) groups is 2. The number of halogens is 1. The largest absolute Gasteiger partial charge is 0.444 e. The molecular weight excluding hydrogens is 353 g/mol. The van der Waals surface area contributed by atoms with Crippen LogP contribution in [0.15, 0.2) is 36.8 Å². The van der Waals surface area contributed by atoms with Crippen molar-refractivity contribution in [3.63, 3.8) is 0 Å². The van der Waals surface area contributed by atoms with Crippen molar-refractivity contribution in [3.05, 3.63) is 42.6 Å². The first-order chi connectivity index (χ1) is 12.6. The van der Waals surface area contributed by atoms with Crippen LogP contribution in [0.2, 0.25) is 0 Å². The van der Waals surface area contributed by atoms with E-state index < -0.39 is 29.5 Å². The lowest BCUT2D eigenvalue weighted by molar-refractivity contribution is -0.117. The maximum absolute atomic E-state index is 13.6. The Morgan fingerprint density at radius 3 is 2.56 bits per heavy atom. The highest BCUT2D eigenvalue weighted by molar-refractivity contribution is 5.99. The van der Waals surface area contributed by atoms with Gasteiger partial charge < -0.3 is 20.7 Å². The second-order valence-corrected chi connectivity index (χ2v) is 6.77. The van der Waals surface area contributed by atoms with Crippen molar-refractivity contribution in [1.82, 2.24) is 15.3 Å². The third-order valence-electron chi connectivity index (χ3n) is 3.21. The molecule has 1 aromatic heterocycles. The Balaban J connectivity index is 2.07. The highest BCUT2D eigenvalue weighted by atomic mass is 19.1. The van der Waals surface area contributed by atoms with E-state index >= 15 is 0 Å². The Kier molecular flexibility index (Phi) is 6.27. The van der Waals surface area contributed by atoms with Crippen molar-refractivity contribution in [2.45, 2.75) is 39.3 Å². The molecule has 1 unspecified atom stereocenters. The molecule has 8 nitrogen and oxygen atoms in total. The number of hydrogen-bond donors (Lipinski definition) is 3. The summed E-state index contributed by atoms with van der Waals surface area (Å²) in [4.78, 5) is 32.0. The lowest BCUT2D eigenvalue weighted by Gasteiger charge is -2.22. The van der Waals surface area contributed by atoms with Crippen LogP contribution in [0.4, 0.5) is 26.4 Å². The maximum Gasteiger partial charge on any atom is 0.408 e. The van der Waals surface area contributed by atoms with Gasteiger partial charge in [-0.05, 0) is 52.0 Å². The number of nitrogens with one attached hydrogen (secondary N) is 3. The smallest absolute Gasteiger partial charge is 0.408 e. The lowest BCUT2D eigenvalue weighted by atomic mass is 10.2. The van der Waals surface area contributed by atoms with Crippen molar-refractivity contribution in [2.24, 2.45) is 0 Å². The molecular formula is C18H22FN5O3. The number of aromatic nitrogens is 2. The predicted molar refractivity (Wildman–Crippen MR) is 99.2 cm³/mol. The fraction of sp³-hybridized carbons (Fsp3) is 0.333. The summed E-state index contributed by atoms with van der Waals surface area (Å²) in [5, 5.41) is 8.00. The molecule has 1 heterocycles. The number of hydrogen-bond acceptors (Lipinski definition) is 6. The van der Waals surface area contributed by atoms with Gasteiger partial charge in [-0.3, -0.25) is 4.79 Å². The van der Waals surface area contributed by atoms with Crippen LogP contribution in [0.3, 0.4) is 0 Å². The minimum absolute atomic E-state index is 0.312. The molecule has 2 rings (SSSR count). The summed E-state index contributed by atoms with van der Waals surface area (Å²) in [6, 6.07) is 4.59. The molecule has 0 radical (unpaired) electrons. The number of amides is 2. The van der Waals surface area contributed by atoms with Gasteiger partial charge >= 0.3 is 6.09 Å². The number of carbonyl (C=O) groups excluding carboxylic acids is 2. The Hall–Kier alpha value is -3.23. The van der Waals surface area contributed by atoms with Crippen LogP contribution >= 0.6 is 0 Å². The van der Waals surface area contributed by atoms with Crippen LogP contribution in [0.1, 0.15) is 27.7 Å². The number of alkyl carbamates (subject to hydrolysis) is 1. The molecule has 144 valence electrons. The highest BCUT2D eigenvalue weighted by Gasteiger charge is 2.21. The fourth-order valence-electron chi connectivity index (χ4n) is 2.02. The van der Waals surface area contributed by atoms with Crippen LogP contribution < -0.4 is 16.0 Å². The molecule has 1 aromatic carbocycles. The zero-order valence-electron chi connectivity index (χ0n) is 15.5. The zero-order chi connectivity index (χ0) is 20.0. The SMILES string of the molecule is CC(NC(=O)OC(C)(C)C)C(=O)Nc1ccc(F)cc1Nc1ccncn1. The van der Waals surface area contributed by atoms with Crippen LogP contribution in [0.25, 0.3) is 0 Å².